The minimum Gasteiger partial charge on any atom is -0.508 e. The van der Waals surface area contributed by atoms with Gasteiger partial charge in [-0.15, -0.1) is 0 Å². The summed E-state index contributed by atoms with van der Waals surface area (Å²) in [4.78, 5) is 16.1. The zero-order valence-corrected chi connectivity index (χ0v) is 16.9. The quantitative estimate of drug-likeness (QED) is 0.315. The van der Waals surface area contributed by atoms with Gasteiger partial charge in [0.05, 0.1) is 29.3 Å². The normalized spacial score (nSPS) is 11.4. The molecule has 0 aliphatic heterocycles. The molecule has 6 rings (SSSR count). The molecule has 0 fully saturated rings. The molecule has 8 nitrogen and oxygen atoms in total. The van der Waals surface area contributed by atoms with E-state index in [0.29, 0.717) is 33.9 Å². The minimum atomic E-state index is -0.523. The lowest BCUT2D eigenvalue weighted by Gasteiger charge is -2.04. The number of aromatic nitrogens is 6. The standard InChI is InChI=1S/C24H15FN6O2/c25-14-3-12(4-15(32)6-14)17-1-2-27-24-18(17)7-21(29-24)23-19-8-20(28-11-22(19)30-31-23)13-5-16(33)10-26-9-13/h1-11,32-33H,(H,27,29)(H,30,31). The van der Waals surface area contributed by atoms with Gasteiger partial charge in [0, 0.05) is 34.8 Å². The van der Waals surface area contributed by atoms with Gasteiger partial charge in [-0.2, -0.15) is 5.10 Å². The van der Waals surface area contributed by atoms with Gasteiger partial charge < -0.3 is 15.2 Å². The molecule has 0 unspecified atom stereocenters. The molecule has 33 heavy (non-hydrogen) atoms. The second-order valence-corrected chi connectivity index (χ2v) is 7.62. The van der Waals surface area contributed by atoms with Gasteiger partial charge in [0.1, 0.15) is 28.7 Å². The highest BCUT2D eigenvalue weighted by molar-refractivity contribution is 6.00. The molecule has 4 N–H and O–H groups in total. The maximum Gasteiger partial charge on any atom is 0.138 e. The number of nitrogens with zero attached hydrogens (tertiary/aromatic N) is 4. The lowest BCUT2D eigenvalue weighted by atomic mass is 10.0. The van der Waals surface area contributed by atoms with E-state index in [1.54, 1.807) is 30.7 Å². The molecule has 0 spiro atoms. The van der Waals surface area contributed by atoms with Crippen molar-refractivity contribution in [3.8, 4) is 45.3 Å². The number of H-pyrrole nitrogens is 2. The van der Waals surface area contributed by atoms with Crippen LogP contribution in [0.2, 0.25) is 0 Å². The summed E-state index contributed by atoms with van der Waals surface area (Å²) in [6.45, 7) is 0. The van der Waals surface area contributed by atoms with Crippen LogP contribution in [0, 0.1) is 5.82 Å². The van der Waals surface area contributed by atoms with Crippen LogP contribution in [0.5, 0.6) is 11.5 Å². The number of aromatic amines is 2. The average Bonchev–Trinajstić information content (AvgIpc) is 3.41. The van der Waals surface area contributed by atoms with Gasteiger partial charge in [-0.25, -0.2) is 9.37 Å². The van der Waals surface area contributed by atoms with Crippen molar-refractivity contribution < 1.29 is 14.6 Å². The van der Waals surface area contributed by atoms with Crippen molar-refractivity contribution in [2.24, 2.45) is 0 Å². The van der Waals surface area contributed by atoms with Crippen molar-refractivity contribution in [2.75, 3.05) is 0 Å². The summed E-state index contributed by atoms with van der Waals surface area (Å²) in [7, 11) is 0. The number of halogens is 1. The molecule has 0 aliphatic carbocycles. The van der Waals surface area contributed by atoms with E-state index in [0.717, 1.165) is 27.9 Å². The predicted molar refractivity (Wildman–Crippen MR) is 121 cm³/mol. The molecule has 5 heterocycles. The maximum atomic E-state index is 13.9. The Hall–Kier alpha value is -4.79. The van der Waals surface area contributed by atoms with Crippen LogP contribution in [0.1, 0.15) is 0 Å². The van der Waals surface area contributed by atoms with Gasteiger partial charge in [-0.3, -0.25) is 15.1 Å². The molecular weight excluding hydrogens is 423 g/mol. The number of phenolic OH excluding ortho intramolecular Hbond substituents is 1. The Labute approximate surface area is 185 Å². The summed E-state index contributed by atoms with van der Waals surface area (Å²) < 4.78 is 13.9. The largest absolute Gasteiger partial charge is 0.508 e. The number of rotatable bonds is 3. The van der Waals surface area contributed by atoms with E-state index in [1.807, 2.05) is 12.1 Å². The molecule has 0 saturated carbocycles. The third-order valence-electron chi connectivity index (χ3n) is 5.45. The zero-order chi connectivity index (χ0) is 22.5. The van der Waals surface area contributed by atoms with E-state index in [2.05, 4.69) is 30.1 Å². The number of aromatic hydroxyl groups is 2. The van der Waals surface area contributed by atoms with Crippen LogP contribution in [0.3, 0.4) is 0 Å². The van der Waals surface area contributed by atoms with Gasteiger partial charge >= 0.3 is 0 Å². The highest BCUT2D eigenvalue weighted by Crippen LogP contribution is 2.35. The number of hydrogen-bond donors (Lipinski definition) is 4. The molecule has 0 amide bonds. The van der Waals surface area contributed by atoms with Crippen LogP contribution in [0.15, 0.2) is 67.3 Å². The number of phenols is 1. The third kappa shape index (κ3) is 3.23. The van der Waals surface area contributed by atoms with Crippen LogP contribution in [-0.4, -0.2) is 40.3 Å². The molecule has 0 aliphatic rings. The van der Waals surface area contributed by atoms with Crippen LogP contribution in [0.4, 0.5) is 4.39 Å². The van der Waals surface area contributed by atoms with Gasteiger partial charge in [0.2, 0.25) is 0 Å². The number of benzene rings is 1. The Morgan fingerprint density at radius 3 is 2.55 bits per heavy atom. The molecule has 160 valence electrons. The molecule has 5 aromatic heterocycles. The smallest absolute Gasteiger partial charge is 0.138 e. The number of hydrogen-bond acceptors (Lipinski definition) is 6. The van der Waals surface area contributed by atoms with Crippen LogP contribution in [0.25, 0.3) is 55.7 Å². The fourth-order valence-electron chi connectivity index (χ4n) is 3.98. The Bertz CT molecular complexity index is 1650. The van der Waals surface area contributed by atoms with Gasteiger partial charge in [-0.1, -0.05) is 0 Å². The van der Waals surface area contributed by atoms with Crippen molar-refractivity contribution in [1.82, 2.24) is 30.1 Å². The summed E-state index contributed by atoms with van der Waals surface area (Å²) in [5.41, 5.74) is 5.30. The van der Waals surface area contributed by atoms with Crippen LogP contribution < -0.4 is 0 Å². The molecule has 0 saturated heterocycles. The maximum absolute atomic E-state index is 13.9. The van der Waals surface area contributed by atoms with Crippen molar-refractivity contribution in [2.45, 2.75) is 0 Å². The van der Waals surface area contributed by atoms with Gasteiger partial charge in [0.25, 0.3) is 0 Å². The topological polar surface area (TPSA) is 124 Å². The van der Waals surface area contributed by atoms with E-state index in [1.165, 1.54) is 18.3 Å². The van der Waals surface area contributed by atoms with E-state index < -0.39 is 5.82 Å². The molecule has 0 bridgehead atoms. The summed E-state index contributed by atoms with van der Waals surface area (Å²) in [5.74, 6) is -0.615. The third-order valence-corrected chi connectivity index (χ3v) is 5.45. The lowest BCUT2D eigenvalue weighted by Crippen LogP contribution is -1.85. The average molecular weight is 438 g/mol. The Morgan fingerprint density at radius 2 is 1.70 bits per heavy atom. The summed E-state index contributed by atoms with van der Waals surface area (Å²) in [5, 5.41) is 28.6. The number of pyridine rings is 3. The molecule has 9 heteroatoms. The molecular formula is C24H15FN6O2. The van der Waals surface area contributed by atoms with Crippen molar-refractivity contribution in [1.29, 1.82) is 0 Å². The molecule has 1 aromatic carbocycles. The highest BCUT2D eigenvalue weighted by Gasteiger charge is 2.16. The van der Waals surface area contributed by atoms with Crippen molar-refractivity contribution in [3.05, 3.63) is 73.1 Å². The monoisotopic (exact) mass is 438 g/mol. The summed E-state index contributed by atoms with van der Waals surface area (Å²) in [6.07, 6.45) is 6.28. The fraction of sp³-hybridized carbons (Fsp3) is 0. The van der Waals surface area contributed by atoms with E-state index in [-0.39, 0.29) is 11.5 Å². The van der Waals surface area contributed by atoms with Gasteiger partial charge in [0.15, 0.2) is 0 Å². The van der Waals surface area contributed by atoms with E-state index >= 15 is 0 Å². The summed E-state index contributed by atoms with van der Waals surface area (Å²) in [6, 6.07) is 11.1. The Morgan fingerprint density at radius 1 is 0.818 bits per heavy atom. The van der Waals surface area contributed by atoms with Crippen molar-refractivity contribution in [3.63, 3.8) is 0 Å². The first kappa shape index (κ1) is 18.9. The second kappa shape index (κ2) is 7.13. The first-order valence-electron chi connectivity index (χ1n) is 10.0. The first-order chi connectivity index (χ1) is 16.0. The predicted octanol–water partition coefficient (Wildman–Crippen LogP) is 4.78. The van der Waals surface area contributed by atoms with Crippen LogP contribution >= 0.6 is 0 Å². The van der Waals surface area contributed by atoms with E-state index in [4.69, 9.17) is 0 Å². The van der Waals surface area contributed by atoms with E-state index in [9.17, 15) is 14.6 Å². The summed E-state index contributed by atoms with van der Waals surface area (Å²) >= 11 is 0. The molecule has 0 radical (unpaired) electrons. The SMILES string of the molecule is Oc1cncc(-c2cc3c(-c4cc5c(-c6cc(O)cc(F)c6)ccnc5[nH]4)n[nH]c3cn2)c1. The highest BCUT2D eigenvalue weighted by atomic mass is 19.1. The van der Waals surface area contributed by atoms with Crippen LogP contribution in [-0.2, 0) is 0 Å². The minimum absolute atomic E-state index is 0.0550. The Balaban J connectivity index is 1.51. The van der Waals surface area contributed by atoms with Gasteiger partial charge in [-0.05, 0) is 47.5 Å². The first-order valence-corrected chi connectivity index (χ1v) is 10.0. The molecule has 6 aromatic rings. The Kier molecular flexibility index (Phi) is 4.09. The van der Waals surface area contributed by atoms with Crippen molar-refractivity contribution >= 4 is 21.9 Å². The fourth-order valence-corrected chi connectivity index (χ4v) is 3.98. The zero-order valence-electron chi connectivity index (χ0n) is 16.9. The lowest BCUT2D eigenvalue weighted by molar-refractivity contribution is 0.469. The number of nitrogens with one attached hydrogen (secondary N) is 2. The number of fused-ring (bicyclic) bond motifs is 2. The second-order valence-electron chi connectivity index (χ2n) is 7.62. The molecule has 0 atom stereocenters.